The van der Waals surface area contributed by atoms with Crippen LogP contribution in [0.5, 0.6) is 0 Å². The van der Waals surface area contributed by atoms with E-state index in [4.69, 9.17) is 5.11 Å². The molecule has 0 aromatic carbocycles. The Morgan fingerprint density at radius 2 is 2.31 bits per heavy atom. The first kappa shape index (κ1) is 10.7. The van der Waals surface area contributed by atoms with Crippen LogP contribution in [0.1, 0.15) is 0 Å². The molecule has 0 aliphatic carbocycles. The zero-order valence-corrected chi connectivity index (χ0v) is 10.1. The third-order valence-electron chi connectivity index (χ3n) is 1.31. The SMILES string of the molecule is O=C(O)Cn1cc(Br)cc(I)c1=O. The molecule has 1 N–H and O–H groups in total. The summed E-state index contributed by atoms with van der Waals surface area (Å²) in [6.07, 6.45) is 1.46. The Morgan fingerprint density at radius 3 is 2.85 bits per heavy atom. The second-order valence-corrected chi connectivity index (χ2v) is 4.41. The van der Waals surface area contributed by atoms with Gasteiger partial charge in [-0.15, -0.1) is 0 Å². The molecule has 0 fully saturated rings. The third kappa shape index (κ3) is 2.80. The number of halogens is 2. The first-order chi connectivity index (χ1) is 6.00. The quantitative estimate of drug-likeness (QED) is 0.812. The lowest BCUT2D eigenvalue weighted by molar-refractivity contribution is -0.137. The lowest BCUT2D eigenvalue weighted by Crippen LogP contribution is -2.25. The fourth-order valence-electron chi connectivity index (χ4n) is 0.828. The van der Waals surface area contributed by atoms with Gasteiger partial charge in [0.05, 0.1) is 3.57 Å². The van der Waals surface area contributed by atoms with Gasteiger partial charge in [-0.05, 0) is 44.6 Å². The van der Waals surface area contributed by atoms with Gasteiger partial charge in [-0.3, -0.25) is 9.59 Å². The van der Waals surface area contributed by atoms with Crippen molar-refractivity contribution in [2.75, 3.05) is 0 Å². The fraction of sp³-hybridized carbons (Fsp3) is 0.143. The van der Waals surface area contributed by atoms with Gasteiger partial charge in [-0.1, -0.05) is 0 Å². The van der Waals surface area contributed by atoms with Gasteiger partial charge in [0, 0.05) is 10.7 Å². The monoisotopic (exact) mass is 357 g/mol. The summed E-state index contributed by atoms with van der Waals surface area (Å²) in [6, 6.07) is 1.64. The topological polar surface area (TPSA) is 59.3 Å². The Morgan fingerprint density at radius 1 is 1.69 bits per heavy atom. The fourth-order valence-corrected chi connectivity index (χ4v) is 2.38. The molecular weight excluding hydrogens is 353 g/mol. The van der Waals surface area contributed by atoms with Gasteiger partial charge in [0.25, 0.3) is 5.56 Å². The molecule has 0 bridgehead atoms. The average Bonchev–Trinajstić information content (AvgIpc) is 1.98. The van der Waals surface area contributed by atoms with Gasteiger partial charge in [-0.2, -0.15) is 0 Å². The highest BCUT2D eigenvalue weighted by Crippen LogP contribution is 2.09. The highest BCUT2D eigenvalue weighted by molar-refractivity contribution is 14.1. The molecule has 0 saturated heterocycles. The van der Waals surface area contributed by atoms with E-state index in [0.717, 1.165) is 4.57 Å². The molecule has 4 nitrogen and oxygen atoms in total. The average molecular weight is 358 g/mol. The van der Waals surface area contributed by atoms with Gasteiger partial charge in [0.15, 0.2) is 0 Å². The highest BCUT2D eigenvalue weighted by Gasteiger charge is 2.05. The van der Waals surface area contributed by atoms with Crippen LogP contribution in [0.25, 0.3) is 0 Å². The molecule has 1 heterocycles. The molecule has 0 saturated carbocycles. The van der Waals surface area contributed by atoms with Crippen LogP contribution in [0.3, 0.4) is 0 Å². The summed E-state index contributed by atoms with van der Waals surface area (Å²) in [5.74, 6) is -1.03. The predicted octanol–water partition coefficient (Wildman–Crippen LogP) is 1.30. The van der Waals surface area contributed by atoms with Gasteiger partial charge < -0.3 is 9.67 Å². The summed E-state index contributed by atoms with van der Waals surface area (Å²) >= 11 is 5.05. The normalized spacial score (nSPS) is 10.0. The van der Waals surface area contributed by atoms with E-state index in [1.165, 1.54) is 6.20 Å². The summed E-state index contributed by atoms with van der Waals surface area (Å²) in [5.41, 5.74) is -0.286. The first-order valence-electron chi connectivity index (χ1n) is 3.28. The van der Waals surface area contributed by atoms with Crippen molar-refractivity contribution in [1.29, 1.82) is 0 Å². The number of pyridine rings is 1. The molecule has 0 aliphatic rings. The van der Waals surface area contributed by atoms with Crippen molar-refractivity contribution in [2.45, 2.75) is 6.54 Å². The molecule has 0 amide bonds. The molecule has 0 atom stereocenters. The van der Waals surface area contributed by atoms with Gasteiger partial charge in [-0.25, -0.2) is 0 Å². The van der Waals surface area contributed by atoms with Crippen LogP contribution in [-0.4, -0.2) is 15.6 Å². The van der Waals surface area contributed by atoms with E-state index >= 15 is 0 Å². The third-order valence-corrected chi connectivity index (χ3v) is 2.52. The van der Waals surface area contributed by atoms with Crippen LogP contribution in [0, 0.1) is 3.57 Å². The number of hydrogen-bond acceptors (Lipinski definition) is 2. The lowest BCUT2D eigenvalue weighted by Gasteiger charge is -2.02. The lowest BCUT2D eigenvalue weighted by atomic mass is 10.4. The molecule has 0 unspecified atom stereocenters. The van der Waals surface area contributed by atoms with Gasteiger partial charge >= 0.3 is 5.97 Å². The Kier molecular flexibility index (Phi) is 3.48. The summed E-state index contributed by atoms with van der Waals surface area (Å²) in [4.78, 5) is 21.7. The summed E-state index contributed by atoms with van der Waals surface area (Å²) in [7, 11) is 0. The first-order valence-corrected chi connectivity index (χ1v) is 5.15. The minimum atomic E-state index is -1.03. The maximum atomic E-state index is 11.3. The van der Waals surface area contributed by atoms with Crippen molar-refractivity contribution in [3.63, 3.8) is 0 Å². The zero-order valence-electron chi connectivity index (χ0n) is 6.33. The molecule has 0 aliphatic heterocycles. The van der Waals surface area contributed by atoms with Crippen molar-refractivity contribution >= 4 is 44.5 Å². The number of carboxylic acid groups (broad SMARTS) is 1. The van der Waals surface area contributed by atoms with Gasteiger partial charge in [0.1, 0.15) is 6.54 Å². The van der Waals surface area contributed by atoms with Crippen LogP contribution in [0.15, 0.2) is 21.5 Å². The van der Waals surface area contributed by atoms with E-state index in [1.807, 2.05) is 22.6 Å². The van der Waals surface area contributed by atoms with E-state index in [-0.39, 0.29) is 12.1 Å². The maximum absolute atomic E-state index is 11.3. The zero-order chi connectivity index (χ0) is 10.0. The molecular formula is C7H5BrINO3. The largest absolute Gasteiger partial charge is 0.480 e. The van der Waals surface area contributed by atoms with E-state index < -0.39 is 5.97 Å². The molecule has 1 aromatic rings. The van der Waals surface area contributed by atoms with Crippen LogP contribution in [-0.2, 0) is 11.3 Å². The predicted molar refractivity (Wildman–Crippen MR) is 58.8 cm³/mol. The summed E-state index contributed by atoms with van der Waals surface area (Å²) in [5, 5.41) is 8.50. The molecule has 70 valence electrons. The minimum absolute atomic E-state index is 0.286. The van der Waals surface area contributed by atoms with Crippen molar-refractivity contribution in [3.05, 3.63) is 30.7 Å². The number of aromatic nitrogens is 1. The minimum Gasteiger partial charge on any atom is -0.480 e. The van der Waals surface area contributed by atoms with E-state index in [0.29, 0.717) is 8.04 Å². The summed E-state index contributed by atoms with van der Waals surface area (Å²) in [6.45, 7) is -0.311. The Balaban J connectivity index is 3.21. The smallest absolute Gasteiger partial charge is 0.323 e. The highest BCUT2D eigenvalue weighted by atomic mass is 127. The second-order valence-electron chi connectivity index (χ2n) is 2.33. The number of hydrogen-bond donors (Lipinski definition) is 1. The van der Waals surface area contributed by atoms with Crippen LogP contribution in [0.4, 0.5) is 0 Å². The Bertz CT molecular complexity index is 401. The van der Waals surface area contributed by atoms with E-state index in [1.54, 1.807) is 6.07 Å². The standard InChI is InChI=1S/C7H5BrINO3/c8-4-1-5(9)7(13)10(2-4)3-6(11)12/h1-2H,3H2,(H,11,12). The maximum Gasteiger partial charge on any atom is 0.323 e. The van der Waals surface area contributed by atoms with Crippen molar-refractivity contribution < 1.29 is 9.90 Å². The number of carboxylic acids is 1. The number of rotatable bonds is 2. The molecule has 1 rings (SSSR count). The number of nitrogens with zero attached hydrogens (tertiary/aromatic N) is 1. The second kappa shape index (κ2) is 4.23. The molecule has 13 heavy (non-hydrogen) atoms. The number of carbonyl (C=O) groups is 1. The van der Waals surface area contributed by atoms with Crippen molar-refractivity contribution in [2.24, 2.45) is 0 Å². The molecule has 1 aromatic heterocycles. The summed E-state index contributed by atoms with van der Waals surface area (Å²) < 4.78 is 2.33. The van der Waals surface area contributed by atoms with E-state index in [9.17, 15) is 9.59 Å². The molecule has 0 spiro atoms. The van der Waals surface area contributed by atoms with E-state index in [2.05, 4.69) is 15.9 Å². The Labute approximate surface area is 95.8 Å². The van der Waals surface area contributed by atoms with Crippen LogP contribution < -0.4 is 5.56 Å². The molecule has 6 heteroatoms. The van der Waals surface area contributed by atoms with Crippen molar-refractivity contribution in [1.82, 2.24) is 4.57 Å². The van der Waals surface area contributed by atoms with Crippen molar-refractivity contribution in [3.8, 4) is 0 Å². The molecule has 0 radical (unpaired) electrons. The van der Waals surface area contributed by atoms with Gasteiger partial charge in [0.2, 0.25) is 0 Å². The Hall–Kier alpha value is -0.370. The van der Waals surface area contributed by atoms with Crippen LogP contribution in [0.2, 0.25) is 0 Å². The number of aliphatic carboxylic acids is 1. The van der Waals surface area contributed by atoms with Crippen LogP contribution >= 0.6 is 38.5 Å².